The number of benzene rings is 3. The van der Waals surface area contributed by atoms with Crippen molar-refractivity contribution in [2.75, 3.05) is 7.11 Å². The van der Waals surface area contributed by atoms with Crippen molar-refractivity contribution in [3.63, 3.8) is 0 Å². The maximum absolute atomic E-state index is 12.3. The van der Waals surface area contributed by atoms with E-state index in [0.717, 1.165) is 11.1 Å². The number of rotatable bonds is 8. The number of esters is 1. The van der Waals surface area contributed by atoms with Gasteiger partial charge < -0.3 is 14.8 Å². The van der Waals surface area contributed by atoms with Gasteiger partial charge in [-0.25, -0.2) is 4.79 Å². The second-order valence-electron chi connectivity index (χ2n) is 7.03. The molecule has 0 unspecified atom stereocenters. The van der Waals surface area contributed by atoms with Crippen molar-refractivity contribution >= 4 is 29.6 Å². The molecule has 0 spiro atoms. The largest absolute Gasteiger partial charge is 0.489 e. The predicted octanol–water partition coefficient (Wildman–Crippen LogP) is 4.93. The fraction of sp³-hybridized carbons (Fsp3) is 0.115. The van der Waals surface area contributed by atoms with Crippen molar-refractivity contribution in [3.05, 3.63) is 106 Å². The summed E-state index contributed by atoms with van der Waals surface area (Å²) in [5.41, 5.74) is 2.96. The zero-order valence-corrected chi connectivity index (χ0v) is 18.6. The van der Waals surface area contributed by atoms with Gasteiger partial charge in [0.15, 0.2) is 0 Å². The number of nitriles is 1. The number of hydrogen-bond donors (Lipinski definition) is 1. The summed E-state index contributed by atoms with van der Waals surface area (Å²) in [5, 5.41) is 12.7. The van der Waals surface area contributed by atoms with Gasteiger partial charge in [0, 0.05) is 11.6 Å². The van der Waals surface area contributed by atoms with Gasteiger partial charge in [-0.3, -0.25) is 4.79 Å². The highest BCUT2D eigenvalue weighted by Gasteiger charge is 2.09. The third kappa shape index (κ3) is 6.96. The number of halogens is 1. The molecule has 0 radical (unpaired) electrons. The lowest BCUT2D eigenvalue weighted by Gasteiger charge is -2.08. The van der Waals surface area contributed by atoms with Crippen LogP contribution in [0, 0.1) is 11.3 Å². The number of nitrogens with zero attached hydrogens (tertiary/aromatic N) is 1. The van der Waals surface area contributed by atoms with Gasteiger partial charge in [-0.05, 0) is 59.2 Å². The lowest BCUT2D eigenvalue weighted by molar-refractivity contribution is -0.117. The first kappa shape index (κ1) is 23.6. The Hall–Kier alpha value is -4.08. The second kappa shape index (κ2) is 11.5. The first-order valence-corrected chi connectivity index (χ1v) is 10.4. The standard InChI is InChI=1S/C26H21ClN2O4/c1-32-26(31)21-8-2-20(3-9-21)17-33-24-12-6-18(7-13-24)14-22(15-28)25(30)29-16-19-4-10-23(27)11-5-19/h2-14H,16-17H2,1H3,(H,29,30). The molecule has 7 heteroatoms. The minimum atomic E-state index is -0.455. The molecule has 3 aromatic rings. The summed E-state index contributed by atoms with van der Waals surface area (Å²) >= 11 is 5.86. The molecule has 0 fully saturated rings. The van der Waals surface area contributed by atoms with E-state index in [9.17, 15) is 14.9 Å². The molecule has 0 saturated carbocycles. The van der Waals surface area contributed by atoms with Crippen LogP contribution in [0.5, 0.6) is 5.75 Å². The van der Waals surface area contributed by atoms with E-state index in [-0.39, 0.29) is 11.5 Å². The quantitative estimate of drug-likeness (QED) is 0.292. The van der Waals surface area contributed by atoms with Gasteiger partial charge in [-0.2, -0.15) is 5.26 Å². The number of hydrogen-bond acceptors (Lipinski definition) is 5. The van der Waals surface area contributed by atoms with Gasteiger partial charge in [-0.1, -0.05) is 48.0 Å². The molecule has 3 aromatic carbocycles. The Morgan fingerprint density at radius 1 is 0.970 bits per heavy atom. The van der Waals surface area contributed by atoms with Crippen LogP contribution in [0.15, 0.2) is 78.4 Å². The number of nitrogens with one attached hydrogen (secondary N) is 1. The van der Waals surface area contributed by atoms with Gasteiger partial charge in [0.2, 0.25) is 0 Å². The maximum atomic E-state index is 12.3. The lowest BCUT2D eigenvalue weighted by Crippen LogP contribution is -2.23. The molecular weight excluding hydrogens is 440 g/mol. The highest BCUT2D eigenvalue weighted by atomic mass is 35.5. The Balaban J connectivity index is 1.56. The predicted molar refractivity (Wildman–Crippen MR) is 125 cm³/mol. The zero-order chi connectivity index (χ0) is 23.6. The van der Waals surface area contributed by atoms with Crippen LogP contribution in [0.3, 0.4) is 0 Å². The highest BCUT2D eigenvalue weighted by molar-refractivity contribution is 6.30. The van der Waals surface area contributed by atoms with E-state index < -0.39 is 5.91 Å². The second-order valence-corrected chi connectivity index (χ2v) is 7.46. The first-order chi connectivity index (χ1) is 16.0. The minimum absolute atomic E-state index is 0.00308. The molecule has 0 aliphatic carbocycles. The Kier molecular flexibility index (Phi) is 8.23. The molecule has 3 rings (SSSR count). The summed E-state index contributed by atoms with van der Waals surface area (Å²) in [6, 6.07) is 23.0. The summed E-state index contributed by atoms with van der Waals surface area (Å²) in [6.07, 6.45) is 1.52. The number of amides is 1. The molecule has 1 N–H and O–H groups in total. The molecule has 0 heterocycles. The number of carbonyl (C=O) groups excluding carboxylic acids is 2. The van der Waals surface area contributed by atoms with Gasteiger partial charge in [0.05, 0.1) is 12.7 Å². The molecule has 0 atom stereocenters. The molecule has 0 aliphatic rings. The van der Waals surface area contributed by atoms with Crippen molar-refractivity contribution in [2.45, 2.75) is 13.2 Å². The monoisotopic (exact) mass is 460 g/mol. The average Bonchev–Trinajstić information content (AvgIpc) is 2.86. The van der Waals surface area contributed by atoms with E-state index in [2.05, 4.69) is 10.1 Å². The summed E-state index contributed by atoms with van der Waals surface area (Å²) in [4.78, 5) is 23.8. The van der Waals surface area contributed by atoms with Crippen molar-refractivity contribution in [2.24, 2.45) is 0 Å². The minimum Gasteiger partial charge on any atom is -0.489 e. The van der Waals surface area contributed by atoms with Gasteiger partial charge >= 0.3 is 5.97 Å². The zero-order valence-electron chi connectivity index (χ0n) is 17.9. The van der Waals surface area contributed by atoms with Crippen molar-refractivity contribution in [1.29, 1.82) is 5.26 Å². The van der Waals surface area contributed by atoms with Crippen molar-refractivity contribution < 1.29 is 19.1 Å². The van der Waals surface area contributed by atoms with Crippen molar-refractivity contribution in [3.8, 4) is 11.8 Å². The van der Waals surface area contributed by atoms with Crippen LogP contribution in [-0.2, 0) is 22.7 Å². The average molecular weight is 461 g/mol. The molecule has 0 aromatic heterocycles. The normalized spacial score (nSPS) is 10.8. The molecular formula is C26H21ClN2O4. The fourth-order valence-corrected chi connectivity index (χ4v) is 3.00. The van der Waals surface area contributed by atoms with E-state index in [1.54, 1.807) is 60.7 Å². The smallest absolute Gasteiger partial charge is 0.337 e. The molecule has 166 valence electrons. The lowest BCUT2D eigenvalue weighted by atomic mass is 10.1. The fourth-order valence-electron chi connectivity index (χ4n) is 2.88. The Labute approximate surface area is 197 Å². The van der Waals surface area contributed by atoms with E-state index in [0.29, 0.717) is 35.1 Å². The topological polar surface area (TPSA) is 88.4 Å². The summed E-state index contributed by atoms with van der Waals surface area (Å²) in [5.74, 6) is -0.209. The van der Waals surface area contributed by atoms with Crippen molar-refractivity contribution in [1.82, 2.24) is 5.32 Å². The van der Waals surface area contributed by atoms with Crippen LogP contribution in [0.2, 0.25) is 5.02 Å². The van der Waals surface area contributed by atoms with Gasteiger partial charge in [0.25, 0.3) is 5.91 Å². The number of methoxy groups -OCH3 is 1. The molecule has 0 aliphatic heterocycles. The third-order valence-corrected chi connectivity index (χ3v) is 4.96. The van der Waals surface area contributed by atoms with Crippen LogP contribution < -0.4 is 10.1 Å². The van der Waals surface area contributed by atoms with Crippen LogP contribution in [-0.4, -0.2) is 19.0 Å². The van der Waals surface area contributed by atoms with E-state index in [1.165, 1.54) is 13.2 Å². The first-order valence-electron chi connectivity index (χ1n) is 10.0. The Bertz CT molecular complexity index is 1180. The Morgan fingerprint density at radius 2 is 1.61 bits per heavy atom. The Morgan fingerprint density at radius 3 is 2.21 bits per heavy atom. The number of ether oxygens (including phenoxy) is 2. The summed E-state index contributed by atoms with van der Waals surface area (Å²) < 4.78 is 10.4. The van der Waals surface area contributed by atoms with Gasteiger partial charge in [0.1, 0.15) is 24.0 Å². The van der Waals surface area contributed by atoms with Crippen LogP contribution in [0.1, 0.15) is 27.0 Å². The van der Waals surface area contributed by atoms with Crippen LogP contribution in [0.25, 0.3) is 6.08 Å². The van der Waals surface area contributed by atoms with Crippen LogP contribution >= 0.6 is 11.6 Å². The SMILES string of the molecule is COC(=O)c1ccc(COc2ccc(C=C(C#N)C(=O)NCc3ccc(Cl)cc3)cc2)cc1. The molecule has 0 saturated heterocycles. The molecule has 1 amide bonds. The highest BCUT2D eigenvalue weighted by Crippen LogP contribution is 2.17. The molecule has 33 heavy (non-hydrogen) atoms. The third-order valence-electron chi connectivity index (χ3n) is 4.70. The number of carbonyl (C=O) groups is 2. The van der Waals surface area contributed by atoms with Gasteiger partial charge in [-0.15, -0.1) is 0 Å². The molecule has 0 bridgehead atoms. The van der Waals surface area contributed by atoms with Crippen LogP contribution in [0.4, 0.5) is 0 Å². The van der Waals surface area contributed by atoms with E-state index >= 15 is 0 Å². The van der Waals surface area contributed by atoms with E-state index in [1.807, 2.05) is 18.2 Å². The van der Waals surface area contributed by atoms with E-state index in [4.69, 9.17) is 16.3 Å². The maximum Gasteiger partial charge on any atom is 0.337 e. The summed E-state index contributed by atoms with van der Waals surface area (Å²) in [7, 11) is 1.34. The molecule has 6 nitrogen and oxygen atoms in total. The summed E-state index contributed by atoms with van der Waals surface area (Å²) in [6.45, 7) is 0.621.